The van der Waals surface area contributed by atoms with Crippen LogP contribution in [0.25, 0.3) is 0 Å². The van der Waals surface area contributed by atoms with Crippen LogP contribution < -0.4 is 10.9 Å². The minimum Gasteiger partial charge on any atom is -0.377 e. The second-order valence-electron chi connectivity index (χ2n) is 3.13. The van der Waals surface area contributed by atoms with E-state index in [4.69, 9.17) is 0 Å². The van der Waals surface area contributed by atoms with Crippen LogP contribution in [0.5, 0.6) is 0 Å². The molecule has 0 aromatic carbocycles. The van der Waals surface area contributed by atoms with Gasteiger partial charge in [0.05, 0.1) is 6.04 Å². The standard InChI is InChI=1S/C9H12F2N2O/c1-6(9(10)11)12-7-3-4-13(2)8(14)5-7/h3-6,9,12H,1-2H3. The first kappa shape index (κ1) is 10.7. The minimum atomic E-state index is -2.45. The summed E-state index contributed by atoms with van der Waals surface area (Å²) < 4.78 is 25.7. The van der Waals surface area contributed by atoms with Gasteiger partial charge in [0, 0.05) is 25.0 Å². The molecule has 14 heavy (non-hydrogen) atoms. The fourth-order valence-electron chi connectivity index (χ4n) is 0.964. The molecule has 1 aromatic rings. The van der Waals surface area contributed by atoms with Gasteiger partial charge in [-0.25, -0.2) is 8.78 Å². The number of aromatic nitrogens is 1. The van der Waals surface area contributed by atoms with Crippen LogP contribution in [0.4, 0.5) is 14.5 Å². The second kappa shape index (κ2) is 4.21. The Morgan fingerprint density at radius 3 is 2.64 bits per heavy atom. The smallest absolute Gasteiger partial charge is 0.258 e. The van der Waals surface area contributed by atoms with Gasteiger partial charge in [-0.05, 0) is 13.0 Å². The van der Waals surface area contributed by atoms with Crippen molar-refractivity contribution in [2.24, 2.45) is 7.05 Å². The quantitative estimate of drug-likeness (QED) is 0.804. The van der Waals surface area contributed by atoms with E-state index < -0.39 is 12.5 Å². The van der Waals surface area contributed by atoms with E-state index in [2.05, 4.69) is 5.32 Å². The van der Waals surface area contributed by atoms with Crippen molar-refractivity contribution >= 4 is 5.69 Å². The maximum atomic E-state index is 12.1. The van der Waals surface area contributed by atoms with E-state index in [0.717, 1.165) is 0 Å². The number of rotatable bonds is 3. The van der Waals surface area contributed by atoms with Crippen LogP contribution in [0, 0.1) is 0 Å². The summed E-state index contributed by atoms with van der Waals surface area (Å²) in [7, 11) is 1.60. The van der Waals surface area contributed by atoms with Crippen LogP contribution in [0.3, 0.4) is 0 Å². The molecule has 1 heterocycles. The molecule has 0 spiro atoms. The Kier molecular flexibility index (Phi) is 3.22. The minimum absolute atomic E-state index is 0.225. The highest BCUT2D eigenvalue weighted by atomic mass is 19.3. The molecule has 5 heteroatoms. The van der Waals surface area contributed by atoms with Crippen molar-refractivity contribution in [2.45, 2.75) is 19.4 Å². The predicted molar refractivity (Wildman–Crippen MR) is 50.8 cm³/mol. The first-order valence-corrected chi connectivity index (χ1v) is 4.22. The highest BCUT2D eigenvalue weighted by Crippen LogP contribution is 2.08. The van der Waals surface area contributed by atoms with Gasteiger partial charge in [-0.3, -0.25) is 4.79 Å². The molecule has 0 saturated heterocycles. The summed E-state index contributed by atoms with van der Waals surface area (Å²) in [6.45, 7) is 1.36. The molecule has 78 valence electrons. The molecule has 0 aliphatic heterocycles. The first-order chi connectivity index (χ1) is 6.50. The lowest BCUT2D eigenvalue weighted by Crippen LogP contribution is -2.25. The number of alkyl halides is 2. The van der Waals surface area contributed by atoms with E-state index in [1.165, 1.54) is 23.8 Å². The van der Waals surface area contributed by atoms with Gasteiger partial charge >= 0.3 is 0 Å². The highest BCUT2D eigenvalue weighted by molar-refractivity contribution is 5.41. The molecule has 0 aliphatic rings. The van der Waals surface area contributed by atoms with Crippen molar-refractivity contribution in [1.29, 1.82) is 0 Å². The zero-order chi connectivity index (χ0) is 10.7. The Bertz CT molecular complexity index is 362. The van der Waals surface area contributed by atoms with E-state index in [1.54, 1.807) is 13.1 Å². The summed E-state index contributed by atoms with van der Waals surface area (Å²) in [5.74, 6) is 0. The van der Waals surface area contributed by atoms with Crippen molar-refractivity contribution in [3.05, 3.63) is 28.7 Å². The molecule has 1 atom stereocenters. The molecule has 0 saturated carbocycles. The van der Waals surface area contributed by atoms with E-state index in [1.807, 2.05) is 0 Å². The van der Waals surface area contributed by atoms with Crippen molar-refractivity contribution in [1.82, 2.24) is 4.57 Å². The number of anilines is 1. The predicted octanol–water partition coefficient (Wildman–Crippen LogP) is 1.45. The van der Waals surface area contributed by atoms with Crippen LogP contribution in [0.15, 0.2) is 23.1 Å². The maximum Gasteiger partial charge on any atom is 0.258 e. The van der Waals surface area contributed by atoms with Crippen LogP contribution in [-0.2, 0) is 7.05 Å². The Morgan fingerprint density at radius 1 is 1.50 bits per heavy atom. The van der Waals surface area contributed by atoms with E-state index >= 15 is 0 Å². The molecule has 1 N–H and O–H groups in total. The van der Waals surface area contributed by atoms with Crippen LogP contribution in [-0.4, -0.2) is 17.0 Å². The topological polar surface area (TPSA) is 34.0 Å². The zero-order valence-electron chi connectivity index (χ0n) is 8.00. The van der Waals surface area contributed by atoms with Crippen molar-refractivity contribution in [2.75, 3.05) is 5.32 Å². The largest absolute Gasteiger partial charge is 0.377 e. The van der Waals surface area contributed by atoms with Gasteiger partial charge in [0.1, 0.15) is 0 Å². The molecule has 1 unspecified atom stereocenters. The van der Waals surface area contributed by atoms with Gasteiger partial charge < -0.3 is 9.88 Å². The van der Waals surface area contributed by atoms with Crippen molar-refractivity contribution in [3.8, 4) is 0 Å². The first-order valence-electron chi connectivity index (χ1n) is 4.22. The molecule has 3 nitrogen and oxygen atoms in total. The number of pyridine rings is 1. The summed E-state index contributed by atoms with van der Waals surface area (Å²) in [5, 5.41) is 2.55. The number of halogens is 2. The van der Waals surface area contributed by atoms with E-state index in [0.29, 0.717) is 5.69 Å². The number of nitrogens with zero attached hydrogens (tertiary/aromatic N) is 1. The number of hydrogen-bond donors (Lipinski definition) is 1. The summed E-state index contributed by atoms with van der Waals surface area (Å²) in [6, 6.07) is 1.92. The lowest BCUT2D eigenvalue weighted by atomic mass is 10.3. The Morgan fingerprint density at radius 2 is 2.14 bits per heavy atom. The second-order valence-corrected chi connectivity index (χ2v) is 3.13. The maximum absolute atomic E-state index is 12.1. The van der Waals surface area contributed by atoms with Gasteiger partial charge in [0.2, 0.25) is 0 Å². The van der Waals surface area contributed by atoms with Gasteiger partial charge in [-0.2, -0.15) is 0 Å². The summed E-state index contributed by atoms with van der Waals surface area (Å²) >= 11 is 0. The molecular formula is C9H12F2N2O. The fraction of sp³-hybridized carbons (Fsp3) is 0.444. The lowest BCUT2D eigenvalue weighted by molar-refractivity contribution is 0.130. The van der Waals surface area contributed by atoms with Crippen molar-refractivity contribution < 1.29 is 8.78 Å². The molecule has 0 amide bonds. The lowest BCUT2D eigenvalue weighted by Gasteiger charge is -2.13. The summed E-state index contributed by atoms with van der Waals surface area (Å²) in [5.41, 5.74) is 0.192. The third kappa shape index (κ3) is 2.55. The summed E-state index contributed by atoms with van der Waals surface area (Å²) in [6.07, 6.45) is -0.915. The van der Waals surface area contributed by atoms with E-state index in [-0.39, 0.29) is 5.56 Å². The summed E-state index contributed by atoms with van der Waals surface area (Å²) in [4.78, 5) is 11.1. The third-order valence-corrected chi connectivity index (χ3v) is 1.88. The molecular weight excluding hydrogens is 190 g/mol. The zero-order valence-corrected chi connectivity index (χ0v) is 8.00. The monoisotopic (exact) mass is 202 g/mol. The Balaban J connectivity index is 2.78. The molecule has 0 fully saturated rings. The van der Waals surface area contributed by atoms with E-state index in [9.17, 15) is 13.6 Å². The Labute approximate surface area is 80.4 Å². The molecule has 1 rings (SSSR count). The van der Waals surface area contributed by atoms with Gasteiger partial charge in [0.25, 0.3) is 12.0 Å². The normalized spacial score (nSPS) is 12.9. The fourth-order valence-corrected chi connectivity index (χ4v) is 0.964. The van der Waals surface area contributed by atoms with Gasteiger partial charge in [0.15, 0.2) is 0 Å². The Hall–Kier alpha value is -1.39. The average molecular weight is 202 g/mol. The molecule has 0 radical (unpaired) electrons. The van der Waals surface area contributed by atoms with Crippen LogP contribution in [0.1, 0.15) is 6.92 Å². The number of nitrogens with one attached hydrogen (secondary N) is 1. The van der Waals surface area contributed by atoms with Crippen LogP contribution in [0.2, 0.25) is 0 Å². The van der Waals surface area contributed by atoms with Crippen molar-refractivity contribution in [3.63, 3.8) is 0 Å². The van der Waals surface area contributed by atoms with Gasteiger partial charge in [-0.1, -0.05) is 0 Å². The van der Waals surface area contributed by atoms with Gasteiger partial charge in [-0.15, -0.1) is 0 Å². The molecule has 1 aromatic heterocycles. The molecule has 0 bridgehead atoms. The highest BCUT2D eigenvalue weighted by Gasteiger charge is 2.13. The number of aryl methyl sites for hydroxylation is 1. The average Bonchev–Trinajstić information content (AvgIpc) is 2.11. The third-order valence-electron chi connectivity index (χ3n) is 1.88. The number of hydrogen-bond acceptors (Lipinski definition) is 2. The SMILES string of the molecule is CC(Nc1ccn(C)c(=O)c1)C(F)F. The van der Waals surface area contributed by atoms with Crippen LogP contribution >= 0.6 is 0 Å². The molecule has 0 aliphatic carbocycles.